The summed E-state index contributed by atoms with van der Waals surface area (Å²) in [5.41, 5.74) is 2.75. The summed E-state index contributed by atoms with van der Waals surface area (Å²) in [7, 11) is -3.36. The number of halogens is 3. The molecule has 1 atom stereocenters. The van der Waals surface area contributed by atoms with Gasteiger partial charge in [0.1, 0.15) is 17.4 Å². The highest BCUT2D eigenvalue weighted by Gasteiger charge is 2.29. The van der Waals surface area contributed by atoms with Crippen molar-refractivity contribution in [2.75, 3.05) is 5.75 Å². The van der Waals surface area contributed by atoms with Crippen LogP contribution in [0.4, 0.5) is 8.78 Å². The van der Waals surface area contributed by atoms with Crippen molar-refractivity contribution in [2.24, 2.45) is 5.92 Å². The summed E-state index contributed by atoms with van der Waals surface area (Å²) in [6.07, 6.45) is 2.04. The van der Waals surface area contributed by atoms with Crippen molar-refractivity contribution in [3.63, 3.8) is 0 Å². The molecule has 1 N–H and O–H groups in total. The van der Waals surface area contributed by atoms with Gasteiger partial charge < -0.3 is 9.72 Å². The number of fused-ring (bicyclic) bond motifs is 1. The molecule has 198 valence electrons. The monoisotopic (exact) mass is 558 g/mol. The zero-order valence-corrected chi connectivity index (χ0v) is 22.0. The number of Topliss-reactive ketones (excluding diaryl/α,β-unsaturated/α-hetero) is 1. The van der Waals surface area contributed by atoms with Gasteiger partial charge in [-0.3, -0.25) is 4.79 Å². The fourth-order valence-corrected chi connectivity index (χ4v) is 6.53. The number of sulfone groups is 1. The van der Waals surface area contributed by atoms with E-state index < -0.39 is 22.4 Å². The summed E-state index contributed by atoms with van der Waals surface area (Å²) in [4.78, 5) is 20.4. The zero-order valence-electron chi connectivity index (χ0n) is 20.5. The van der Waals surface area contributed by atoms with E-state index in [-0.39, 0.29) is 34.5 Å². The number of ketones is 1. The molecule has 0 aliphatic heterocycles. The van der Waals surface area contributed by atoms with E-state index in [4.69, 9.17) is 16.6 Å². The van der Waals surface area contributed by atoms with E-state index in [1.165, 1.54) is 13.0 Å². The lowest BCUT2D eigenvalue weighted by atomic mass is 9.93. The number of hydrogen-bond acceptors (Lipinski definition) is 5. The first-order valence-electron chi connectivity index (χ1n) is 12.2. The average molecular weight is 559 g/mol. The number of nitrogens with zero attached hydrogens (tertiary/aromatic N) is 1. The number of benzene rings is 3. The number of aromatic amines is 1. The first-order valence-corrected chi connectivity index (χ1v) is 14.2. The summed E-state index contributed by atoms with van der Waals surface area (Å²) >= 11 is 6.54. The van der Waals surface area contributed by atoms with Crippen LogP contribution >= 0.6 is 11.6 Å². The molecule has 1 aliphatic carbocycles. The van der Waals surface area contributed by atoms with Gasteiger partial charge in [-0.2, -0.15) is 8.78 Å². The molecule has 1 aliphatic rings. The molecule has 0 bridgehead atoms. The fraction of sp³-hybridized carbons (Fsp3) is 0.286. The SMILES string of the molecule is CC(=O)C[C@H](c1ccc(S(=O)(=O)CC2CC2)cc1)c1nc2cc(-c3ccccc3OC(F)F)c(Cl)cc2[nH]1. The number of rotatable bonds is 10. The quantitative estimate of drug-likeness (QED) is 0.232. The maximum Gasteiger partial charge on any atom is 0.387 e. The third-order valence-electron chi connectivity index (χ3n) is 6.60. The van der Waals surface area contributed by atoms with Gasteiger partial charge in [0.25, 0.3) is 0 Å². The Morgan fingerprint density at radius 2 is 1.82 bits per heavy atom. The largest absolute Gasteiger partial charge is 0.434 e. The molecule has 3 aromatic carbocycles. The number of H-pyrrole nitrogens is 1. The topological polar surface area (TPSA) is 89.1 Å². The first-order chi connectivity index (χ1) is 18.1. The minimum atomic E-state index is -3.36. The summed E-state index contributed by atoms with van der Waals surface area (Å²) in [6.45, 7) is -1.50. The Morgan fingerprint density at radius 1 is 1.11 bits per heavy atom. The molecule has 0 amide bonds. The van der Waals surface area contributed by atoms with Crippen molar-refractivity contribution in [1.29, 1.82) is 0 Å². The molecule has 4 aromatic rings. The Morgan fingerprint density at radius 3 is 2.47 bits per heavy atom. The Labute approximate surface area is 223 Å². The van der Waals surface area contributed by atoms with Crippen LogP contribution in [0.15, 0.2) is 65.6 Å². The van der Waals surface area contributed by atoms with Crippen LogP contribution in [0.25, 0.3) is 22.2 Å². The van der Waals surface area contributed by atoms with E-state index in [0.29, 0.717) is 33.0 Å². The molecule has 38 heavy (non-hydrogen) atoms. The summed E-state index contributed by atoms with van der Waals surface area (Å²) in [5, 5.41) is 0.311. The highest BCUT2D eigenvalue weighted by molar-refractivity contribution is 7.91. The predicted octanol–water partition coefficient (Wildman–Crippen LogP) is 6.78. The maximum absolute atomic E-state index is 12.9. The van der Waals surface area contributed by atoms with Crippen LogP contribution in [0.3, 0.4) is 0 Å². The van der Waals surface area contributed by atoms with Gasteiger partial charge in [0.2, 0.25) is 0 Å². The molecule has 1 saturated carbocycles. The first kappa shape index (κ1) is 26.3. The van der Waals surface area contributed by atoms with E-state index in [0.717, 1.165) is 18.4 Å². The highest BCUT2D eigenvalue weighted by Crippen LogP contribution is 2.39. The van der Waals surface area contributed by atoms with E-state index in [1.54, 1.807) is 54.6 Å². The van der Waals surface area contributed by atoms with Gasteiger partial charge >= 0.3 is 6.61 Å². The van der Waals surface area contributed by atoms with Gasteiger partial charge in [-0.15, -0.1) is 0 Å². The number of ether oxygens (including phenoxy) is 1. The Balaban J connectivity index is 1.51. The van der Waals surface area contributed by atoms with Gasteiger partial charge in [0.15, 0.2) is 9.84 Å². The minimum absolute atomic E-state index is 0.00862. The van der Waals surface area contributed by atoms with Gasteiger partial charge in [-0.1, -0.05) is 41.9 Å². The second kappa shape index (κ2) is 10.5. The summed E-state index contributed by atoms with van der Waals surface area (Å²) in [6, 6.07) is 16.3. The van der Waals surface area contributed by atoms with Gasteiger partial charge in [0.05, 0.1) is 26.7 Å². The lowest BCUT2D eigenvalue weighted by molar-refractivity contribution is -0.117. The van der Waals surface area contributed by atoms with E-state index in [2.05, 4.69) is 9.72 Å². The number of carbonyl (C=O) groups excluding carboxylic acids is 1. The summed E-state index contributed by atoms with van der Waals surface area (Å²) < 4.78 is 55.9. The van der Waals surface area contributed by atoms with Crippen molar-refractivity contribution in [1.82, 2.24) is 9.97 Å². The lowest BCUT2D eigenvalue weighted by Gasteiger charge is -2.14. The van der Waals surface area contributed by atoms with E-state index in [9.17, 15) is 22.0 Å². The molecular weight excluding hydrogens is 534 g/mol. The molecule has 0 saturated heterocycles. The van der Waals surface area contributed by atoms with Crippen molar-refractivity contribution >= 4 is 38.3 Å². The molecule has 1 fully saturated rings. The van der Waals surface area contributed by atoms with Crippen LogP contribution in [0.2, 0.25) is 5.02 Å². The van der Waals surface area contributed by atoms with Crippen LogP contribution in [-0.2, 0) is 14.6 Å². The Kier molecular flexibility index (Phi) is 7.24. The number of aromatic nitrogens is 2. The number of para-hydroxylation sites is 1. The van der Waals surface area contributed by atoms with Crippen LogP contribution in [0, 0.1) is 5.92 Å². The van der Waals surface area contributed by atoms with E-state index >= 15 is 0 Å². The molecule has 10 heteroatoms. The molecular formula is C28H25ClF2N2O4S. The van der Waals surface area contributed by atoms with Crippen LogP contribution in [-0.4, -0.2) is 36.5 Å². The van der Waals surface area contributed by atoms with Crippen molar-refractivity contribution in [2.45, 2.75) is 43.6 Å². The normalized spacial score (nSPS) is 14.7. The Hall–Kier alpha value is -3.30. The Bertz CT molecular complexity index is 1600. The average Bonchev–Trinajstić information content (AvgIpc) is 3.57. The molecule has 0 unspecified atom stereocenters. The maximum atomic E-state index is 12.9. The van der Waals surface area contributed by atoms with Gasteiger partial charge in [-0.05, 0) is 61.6 Å². The molecule has 6 nitrogen and oxygen atoms in total. The third kappa shape index (κ3) is 5.73. The molecule has 1 aromatic heterocycles. The van der Waals surface area contributed by atoms with Crippen molar-refractivity contribution in [3.05, 3.63) is 77.1 Å². The van der Waals surface area contributed by atoms with Crippen LogP contribution < -0.4 is 4.74 Å². The van der Waals surface area contributed by atoms with Gasteiger partial charge in [-0.25, -0.2) is 13.4 Å². The number of carbonyl (C=O) groups is 1. The second-order valence-corrected chi connectivity index (χ2v) is 12.0. The van der Waals surface area contributed by atoms with E-state index in [1.807, 2.05) is 0 Å². The third-order valence-corrected chi connectivity index (χ3v) is 8.81. The van der Waals surface area contributed by atoms with Gasteiger partial charge in [0, 0.05) is 23.5 Å². The van der Waals surface area contributed by atoms with Crippen LogP contribution in [0.1, 0.15) is 43.5 Å². The highest BCUT2D eigenvalue weighted by atomic mass is 35.5. The number of hydrogen-bond donors (Lipinski definition) is 1. The standard InChI is InChI=1S/C28H25ClF2N2O4S/c1-16(34)12-21(18-8-10-19(11-9-18)38(35,36)15-17-6-7-17)27-32-24-13-22(23(29)14-25(24)33-27)20-4-2-3-5-26(20)37-28(30)31/h2-5,8-11,13-14,17,21,28H,6-7,12,15H2,1H3,(H,32,33)/t21-/m1/s1. The fourth-order valence-electron chi connectivity index (χ4n) is 4.57. The molecule has 0 spiro atoms. The smallest absolute Gasteiger partial charge is 0.387 e. The van der Waals surface area contributed by atoms with Crippen molar-refractivity contribution < 1.29 is 26.7 Å². The van der Waals surface area contributed by atoms with Crippen LogP contribution in [0.5, 0.6) is 5.75 Å². The lowest BCUT2D eigenvalue weighted by Crippen LogP contribution is -2.10. The second-order valence-electron chi connectivity index (χ2n) is 9.60. The zero-order chi connectivity index (χ0) is 27.0. The summed E-state index contributed by atoms with van der Waals surface area (Å²) in [5.74, 6) is 0.391. The molecule has 0 radical (unpaired) electrons. The minimum Gasteiger partial charge on any atom is -0.434 e. The van der Waals surface area contributed by atoms with Crippen molar-refractivity contribution in [3.8, 4) is 16.9 Å². The number of alkyl halides is 2. The molecule has 1 heterocycles. The predicted molar refractivity (Wildman–Crippen MR) is 142 cm³/mol. The number of imidazole rings is 1. The number of nitrogens with one attached hydrogen (secondary N) is 1. The molecule has 5 rings (SSSR count).